The number of amides is 1. The molecule has 0 aromatic heterocycles. The molecule has 6 aromatic rings. The minimum atomic E-state index is -4.42. The molecule has 6 aromatic carbocycles. The molecule has 0 aliphatic rings. The zero-order valence-electron chi connectivity index (χ0n) is 27.1. The van der Waals surface area contributed by atoms with Crippen molar-refractivity contribution in [1.29, 1.82) is 0 Å². The standard InChI is InChI=1S/C41H31F6NO3/c42-40(43,44)32-16-10-26(11-17-32)34-8-4-6-28-24-30(14-20-36(28)34)38(49)48-22-2-1-3-23-51-39(50)31-15-21-37-29(25-31)7-5-9-35(37)27-12-18-33(19-13-27)41(45,46)47/h4-21,24-25H,1-3,22-23H2,(H,48,49). The van der Waals surface area contributed by atoms with Crippen LogP contribution < -0.4 is 5.32 Å². The van der Waals surface area contributed by atoms with Gasteiger partial charge in [-0.25, -0.2) is 4.79 Å². The Morgan fingerprint density at radius 3 is 1.55 bits per heavy atom. The molecule has 0 unspecified atom stereocenters. The molecule has 0 heterocycles. The number of halogens is 6. The highest BCUT2D eigenvalue weighted by Gasteiger charge is 2.31. The number of unbranched alkanes of at least 4 members (excludes halogenated alkanes) is 2. The van der Waals surface area contributed by atoms with Crippen molar-refractivity contribution in [2.45, 2.75) is 31.6 Å². The number of alkyl halides is 6. The summed E-state index contributed by atoms with van der Waals surface area (Å²) in [5, 5.41) is 6.04. The number of hydrogen-bond donors (Lipinski definition) is 1. The van der Waals surface area contributed by atoms with Crippen LogP contribution in [0.1, 0.15) is 51.1 Å². The van der Waals surface area contributed by atoms with Crippen LogP contribution in [0.2, 0.25) is 0 Å². The Balaban J connectivity index is 0.967. The molecule has 10 heteroatoms. The molecule has 0 aliphatic carbocycles. The van der Waals surface area contributed by atoms with Crippen LogP contribution in [-0.2, 0) is 17.1 Å². The molecule has 0 radical (unpaired) electrons. The lowest BCUT2D eigenvalue weighted by molar-refractivity contribution is -0.138. The zero-order chi connectivity index (χ0) is 36.2. The maximum absolute atomic E-state index is 13.0. The second-order valence-corrected chi connectivity index (χ2v) is 12.1. The van der Waals surface area contributed by atoms with Gasteiger partial charge in [-0.2, -0.15) is 26.3 Å². The Hall–Kier alpha value is -5.64. The quantitative estimate of drug-likeness (QED) is 0.0880. The molecule has 0 fully saturated rings. The molecule has 260 valence electrons. The third kappa shape index (κ3) is 8.23. The summed E-state index contributed by atoms with van der Waals surface area (Å²) in [4.78, 5) is 25.6. The van der Waals surface area contributed by atoms with Gasteiger partial charge in [-0.3, -0.25) is 4.79 Å². The second kappa shape index (κ2) is 14.7. The largest absolute Gasteiger partial charge is 0.462 e. The molecule has 1 N–H and O–H groups in total. The highest BCUT2D eigenvalue weighted by molar-refractivity contribution is 6.03. The molecule has 0 aliphatic heterocycles. The number of carbonyl (C=O) groups excluding carboxylic acids is 2. The second-order valence-electron chi connectivity index (χ2n) is 12.1. The van der Waals surface area contributed by atoms with Gasteiger partial charge >= 0.3 is 18.3 Å². The minimum Gasteiger partial charge on any atom is -0.462 e. The Kier molecular flexibility index (Phi) is 10.1. The average Bonchev–Trinajstić information content (AvgIpc) is 3.12. The topological polar surface area (TPSA) is 55.4 Å². The normalized spacial score (nSPS) is 11.9. The van der Waals surface area contributed by atoms with Crippen molar-refractivity contribution in [3.8, 4) is 22.3 Å². The van der Waals surface area contributed by atoms with Gasteiger partial charge in [0.25, 0.3) is 5.91 Å². The van der Waals surface area contributed by atoms with Gasteiger partial charge in [-0.05, 0) is 112 Å². The SMILES string of the molecule is O=C(NCCCCCOC(=O)c1ccc2c(-c3ccc(C(F)(F)F)cc3)cccc2c1)c1ccc2c(-c3ccc(C(F)(F)F)cc3)cccc2c1. The third-order valence-electron chi connectivity index (χ3n) is 8.65. The molecule has 0 spiro atoms. The highest BCUT2D eigenvalue weighted by atomic mass is 19.4. The van der Waals surface area contributed by atoms with E-state index < -0.39 is 29.4 Å². The summed E-state index contributed by atoms with van der Waals surface area (Å²) in [5.74, 6) is -0.732. The zero-order valence-corrected chi connectivity index (χ0v) is 27.1. The van der Waals surface area contributed by atoms with Gasteiger partial charge in [0.15, 0.2) is 0 Å². The Morgan fingerprint density at radius 1 is 0.549 bits per heavy atom. The fourth-order valence-corrected chi connectivity index (χ4v) is 5.97. The summed E-state index contributed by atoms with van der Waals surface area (Å²) < 4.78 is 83.4. The van der Waals surface area contributed by atoms with Crippen molar-refractivity contribution in [3.05, 3.63) is 144 Å². The summed E-state index contributed by atoms with van der Waals surface area (Å²) in [7, 11) is 0. The van der Waals surface area contributed by atoms with Crippen molar-refractivity contribution < 1.29 is 40.7 Å². The monoisotopic (exact) mass is 699 g/mol. The first-order valence-electron chi connectivity index (χ1n) is 16.2. The first-order chi connectivity index (χ1) is 24.4. The molecule has 0 bridgehead atoms. The van der Waals surface area contributed by atoms with Gasteiger partial charge in [0.1, 0.15) is 0 Å². The van der Waals surface area contributed by atoms with Crippen LogP contribution in [0.5, 0.6) is 0 Å². The van der Waals surface area contributed by atoms with Crippen LogP contribution in [0.3, 0.4) is 0 Å². The fraction of sp³-hybridized carbons (Fsp3) is 0.171. The van der Waals surface area contributed by atoms with Crippen LogP contribution in [-0.4, -0.2) is 25.0 Å². The molecular formula is C41H31F6NO3. The van der Waals surface area contributed by atoms with Crippen LogP contribution in [0.4, 0.5) is 26.3 Å². The number of nitrogens with one attached hydrogen (secondary N) is 1. The van der Waals surface area contributed by atoms with Crippen molar-refractivity contribution in [2.24, 2.45) is 0 Å². The van der Waals surface area contributed by atoms with Crippen molar-refractivity contribution >= 4 is 33.4 Å². The molecule has 1 amide bonds. The molecular weight excluding hydrogens is 668 g/mol. The smallest absolute Gasteiger partial charge is 0.416 e. The molecule has 6 rings (SSSR count). The maximum atomic E-state index is 13.0. The fourth-order valence-electron chi connectivity index (χ4n) is 5.97. The van der Waals surface area contributed by atoms with Gasteiger partial charge in [0.2, 0.25) is 0 Å². The van der Waals surface area contributed by atoms with E-state index in [4.69, 9.17) is 4.74 Å². The molecule has 4 nitrogen and oxygen atoms in total. The van der Waals surface area contributed by atoms with Crippen LogP contribution in [0.15, 0.2) is 121 Å². The number of benzene rings is 6. The van der Waals surface area contributed by atoms with Gasteiger partial charge in [0, 0.05) is 12.1 Å². The van der Waals surface area contributed by atoms with Crippen LogP contribution in [0.25, 0.3) is 43.8 Å². The predicted octanol–water partition coefficient (Wildman–Crippen LogP) is 11.1. The minimum absolute atomic E-state index is 0.197. The molecule has 0 atom stereocenters. The number of esters is 1. The van der Waals surface area contributed by atoms with Crippen molar-refractivity contribution in [3.63, 3.8) is 0 Å². The number of carbonyl (C=O) groups is 2. The molecule has 0 saturated heterocycles. The first kappa shape index (κ1) is 35.2. The first-order valence-corrected chi connectivity index (χ1v) is 16.2. The number of ether oxygens (including phenoxy) is 1. The lowest BCUT2D eigenvalue weighted by Gasteiger charge is -2.11. The van der Waals surface area contributed by atoms with Crippen LogP contribution in [0, 0.1) is 0 Å². The van der Waals surface area contributed by atoms with Gasteiger partial charge in [-0.15, -0.1) is 0 Å². The summed E-state index contributed by atoms with van der Waals surface area (Å²) in [5.41, 5.74) is 2.17. The highest BCUT2D eigenvalue weighted by Crippen LogP contribution is 2.35. The van der Waals surface area contributed by atoms with Crippen LogP contribution >= 0.6 is 0 Å². The van der Waals surface area contributed by atoms with E-state index in [1.807, 2.05) is 24.3 Å². The van der Waals surface area contributed by atoms with Crippen molar-refractivity contribution in [1.82, 2.24) is 5.32 Å². The number of hydrogen-bond acceptors (Lipinski definition) is 3. The van der Waals surface area contributed by atoms with E-state index >= 15 is 0 Å². The number of rotatable bonds is 10. The Labute approximate surface area is 289 Å². The summed E-state index contributed by atoms with van der Waals surface area (Å²) >= 11 is 0. The van der Waals surface area contributed by atoms with Crippen molar-refractivity contribution in [2.75, 3.05) is 13.2 Å². The van der Waals surface area contributed by atoms with Gasteiger partial charge in [0.05, 0.1) is 23.3 Å². The lowest BCUT2D eigenvalue weighted by atomic mass is 9.96. The van der Waals surface area contributed by atoms with Gasteiger partial charge < -0.3 is 10.1 Å². The summed E-state index contributed by atoms with van der Waals surface area (Å²) in [6.07, 6.45) is -6.87. The van der Waals surface area contributed by atoms with E-state index in [9.17, 15) is 35.9 Å². The third-order valence-corrected chi connectivity index (χ3v) is 8.65. The van der Waals surface area contributed by atoms with E-state index in [0.29, 0.717) is 48.1 Å². The predicted molar refractivity (Wildman–Crippen MR) is 185 cm³/mol. The summed E-state index contributed by atoms with van der Waals surface area (Å²) in [6, 6.07) is 31.2. The van der Waals surface area contributed by atoms with E-state index in [1.165, 1.54) is 24.3 Å². The number of fused-ring (bicyclic) bond motifs is 2. The van der Waals surface area contributed by atoms with E-state index in [1.54, 1.807) is 48.5 Å². The van der Waals surface area contributed by atoms with E-state index in [2.05, 4.69) is 5.32 Å². The Bertz CT molecular complexity index is 2030. The van der Waals surface area contributed by atoms with Gasteiger partial charge in [-0.1, -0.05) is 72.8 Å². The average molecular weight is 700 g/mol. The molecule has 0 saturated carbocycles. The maximum Gasteiger partial charge on any atom is 0.416 e. The summed E-state index contributed by atoms with van der Waals surface area (Å²) in [6.45, 7) is 0.616. The lowest BCUT2D eigenvalue weighted by Crippen LogP contribution is -2.24. The Morgan fingerprint density at radius 2 is 1.04 bits per heavy atom. The molecule has 51 heavy (non-hydrogen) atoms. The van der Waals surface area contributed by atoms with E-state index in [-0.39, 0.29) is 12.5 Å². The van der Waals surface area contributed by atoms with E-state index in [0.717, 1.165) is 56.9 Å².